The molecule has 1 aromatic heterocycles. The predicted molar refractivity (Wildman–Crippen MR) is 82.6 cm³/mol. The quantitative estimate of drug-likeness (QED) is 0.761. The normalized spacial score (nSPS) is 16.3. The molecular weight excluding hydrogens is 338 g/mol. The van der Waals surface area contributed by atoms with Crippen LogP contribution in [0, 0.1) is 17.6 Å². The highest BCUT2D eigenvalue weighted by Gasteiger charge is 2.31. The Kier molecular flexibility index (Phi) is 4.62. The highest BCUT2D eigenvalue weighted by Crippen LogP contribution is 2.32. The number of hydrogen-bond acceptors (Lipinski definition) is 5. The van der Waals surface area contributed by atoms with E-state index < -0.39 is 26.7 Å². The average molecular weight is 356 g/mol. The number of nitrogens with zero attached hydrogens (tertiary/aromatic N) is 4. The molecule has 1 aliphatic rings. The molecule has 24 heavy (non-hydrogen) atoms. The van der Waals surface area contributed by atoms with E-state index >= 15 is 0 Å². The maximum absolute atomic E-state index is 14.0. The molecule has 0 radical (unpaired) electrons. The van der Waals surface area contributed by atoms with Gasteiger partial charge in [0.15, 0.2) is 15.7 Å². The first-order valence-electron chi connectivity index (χ1n) is 7.82. The van der Waals surface area contributed by atoms with Gasteiger partial charge in [0.25, 0.3) is 0 Å². The maximum atomic E-state index is 14.0. The molecule has 0 spiro atoms. The van der Waals surface area contributed by atoms with Crippen molar-refractivity contribution in [3.63, 3.8) is 0 Å². The summed E-state index contributed by atoms with van der Waals surface area (Å²) in [6.45, 7) is 2.25. The third-order valence-electron chi connectivity index (χ3n) is 4.18. The molecule has 1 fully saturated rings. The summed E-state index contributed by atoms with van der Waals surface area (Å²) in [6.07, 6.45) is 2.35. The van der Waals surface area contributed by atoms with Crippen LogP contribution in [0.1, 0.15) is 42.8 Å². The summed E-state index contributed by atoms with van der Waals surface area (Å²) in [4.78, 5) is 0. The van der Waals surface area contributed by atoms with Crippen LogP contribution in [0.3, 0.4) is 0 Å². The Labute approximate surface area is 138 Å². The summed E-state index contributed by atoms with van der Waals surface area (Å²) in [5.74, 6) is -1.23. The van der Waals surface area contributed by atoms with Crippen molar-refractivity contribution < 1.29 is 17.2 Å². The largest absolute Gasteiger partial charge is 0.228 e. The zero-order valence-corrected chi connectivity index (χ0v) is 14.0. The molecule has 2 aromatic rings. The van der Waals surface area contributed by atoms with E-state index in [2.05, 4.69) is 15.5 Å². The molecule has 0 bridgehead atoms. The molecular formula is C15H18F2N4O2S. The van der Waals surface area contributed by atoms with Crippen LogP contribution in [0.4, 0.5) is 8.78 Å². The van der Waals surface area contributed by atoms with Crippen molar-refractivity contribution in [3.05, 3.63) is 41.2 Å². The molecule has 1 saturated carbocycles. The van der Waals surface area contributed by atoms with E-state index in [9.17, 15) is 17.2 Å². The van der Waals surface area contributed by atoms with Crippen LogP contribution in [-0.4, -0.2) is 28.6 Å². The predicted octanol–water partition coefficient (Wildman–Crippen LogP) is 2.43. The Hall–Kier alpha value is -1.90. The fourth-order valence-electron chi connectivity index (χ4n) is 2.72. The highest BCUT2D eigenvalue weighted by molar-refractivity contribution is 7.90. The fourth-order valence-corrected chi connectivity index (χ4v) is 4.58. The summed E-state index contributed by atoms with van der Waals surface area (Å²) in [5.41, 5.74) is -0.0277. The number of benzene rings is 1. The number of tetrazole rings is 1. The van der Waals surface area contributed by atoms with Crippen molar-refractivity contribution in [3.8, 4) is 0 Å². The Morgan fingerprint density at radius 2 is 2.08 bits per heavy atom. The molecule has 1 aromatic carbocycles. The molecule has 1 atom stereocenters. The monoisotopic (exact) mass is 356 g/mol. The minimum Gasteiger partial charge on any atom is -0.228 e. The highest BCUT2D eigenvalue weighted by atomic mass is 32.2. The van der Waals surface area contributed by atoms with Crippen LogP contribution in [0.2, 0.25) is 0 Å². The first kappa shape index (κ1) is 16.9. The smallest absolute Gasteiger partial charge is 0.166 e. The lowest BCUT2D eigenvalue weighted by Gasteiger charge is -2.17. The van der Waals surface area contributed by atoms with Gasteiger partial charge in [0.05, 0.1) is 5.25 Å². The SMILES string of the molecule is CCC(c1ccc(F)cc1F)S(=O)(=O)Cc1nnnn1CC1CC1. The van der Waals surface area contributed by atoms with Crippen LogP contribution in [0.25, 0.3) is 0 Å². The van der Waals surface area contributed by atoms with E-state index in [0.29, 0.717) is 18.5 Å². The lowest BCUT2D eigenvalue weighted by molar-refractivity contribution is 0.523. The fraction of sp³-hybridized carbons (Fsp3) is 0.533. The van der Waals surface area contributed by atoms with Crippen molar-refractivity contribution in [2.24, 2.45) is 5.92 Å². The van der Waals surface area contributed by atoms with Gasteiger partial charge in [-0.15, -0.1) is 5.10 Å². The van der Waals surface area contributed by atoms with Crippen LogP contribution in [-0.2, 0) is 22.1 Å². The van der Waals surface area contributed by atoms with Gasteiger partial charge in [-0.1, -0.05) is 13.0 Å². The zero-order valence-electron chi connectivity index (χ0n) is 13.2. The lowest BCUT2D eigenvalue weighted by Crippen LogP contribution is -2.19. The third-order valence-corrected chi connectivity index (χ3v) is 6.29. The summed E-state index contributed by atoms with van der Waals surface area (Å²) >= 11 is 0. The van der Waals surface area contributed by atoms with Crippen molar-refractivity contribution in [1.29, 1.82) is 0 Å². The molecule has 9 heteroatoms. The second kappa shape index (κ2) is 6.54. The Bertz CT molecular complexity index is 834. The van der Waals surface area contributed by atoms with Crippen LogP contribution < -0.4 is 0 Å². The molecule has 1 aliphatic carbocycles. The molecule has 6 nitrogen and oxygen atoms in total. The van der Waals surface area contributed by atoms with Crippen molar-refractivity contribution in [1.82, 2.24) is 20.2 Å². The van der Waals surface area contributed by atoms with Gasteiger partial charge in [-0.2, -0.15) is 0 Å². The maximum Gasteiger partial charge on any atom is 0.166 e. The van der Waals surface area contributed by atoms with E-state index in [4.69, 9.17) is 0 Å². The summed E-state index contributed by atoms with van der Waals surface area (Å²) in [5, 5.41) is 10.1. The molecule has 1 unspecified atom stereocenters. The van der Waals surface area contributed by atoms with Crippen molar-refractivity contribution in [2.75, 3.05) is 0 Å². The van der Waals surface area contributed by atoms with Gasteiger partial charge in [-0.3, -0.25) is 0 Å². The Balaban J connectivity index is 1.86. The first-order valence-corrected chi connectivity index (χ1v) is 9.53. The lowest BCUT2D eigenvalue weighted by atomic mass is 10.1. The Morgan fingerprint density at radius 1 is 1.33 bits per heavy atom. The molecule has 0 amide bonds. The molecule has 0 aliphatic heterocycles. The van der Waals surface area contributed by atoms with E-state index in [-0.39, 0.29) is 23.6 Å². The summed E-state index contributed by atoms with van der Waals surface area (Å²) < 4.78 is 54.1. The van der Waals surface area contributed by atoms with E-state index in [1.54, 1.807) is 6.92 Å². The van der Waals surface area contributed by atoms with Gasteiger partial charge >= 0.3 is 0 Å². The number of hydrogen-bond donors (Lipinski definition) is 0. The minimum atomic E-state index is -3.75. The first-order chi connectivity index (χ1) is 11.4. The minimum absolute atomic E-state index is 0.0277. The summed E-state index contributed by atoms with van der Waals surface area (Å²) in [7, 11) is -3.75. The van der Waals surface area contributed by atoms with Gasteiger partial charge < -0.3 is 0 Å². The van der Waals surface area contributed by atoms with Gasteiger partial charge in [-0.25, -0.2) is 21.9 Å². The summed E-state index contributed by atoms with van der Waals surface area (Å²) in [6, 6.07) is 2.95. The third kappa shape index (κ3) is 3.61. The number of aromatic nitrogens is 4. The standard InChI is InChI=1S/C15H18F2N4O2S/c1-2-14(12-6-5-11(16)7-13(12)17)24(22,23)9-15-18-19-20-21(15)8-10-3-4-10/h5-7,10,14H,2-4,8-9H2,1H3. The molecule has 0 N–H and O–H groups in total. The van der Waals surface area contributed by atoms with Crippen molar-refractivity contribution >= 4 is 9.84 Å². The topological polar surface area (TPSA) is 77.7 Å². The van der Waals surface area contributed by atoms with Gasteiger partial charge in [0, 0.05) is 18.2 Å². The van der Waals surface area contributed by atoms with Crippen LogP contribution in [0.5, 0.6) is 0 Å². The number of rotatable bonds is 7. The number of halogens is 2. The molecule has 0 saturated heterocycles. The van der Waals surface area contributed by atoms with Gasteiger partial charge in [0.2, 0.25) is 0 Å². The molecule has 1 heterocycles. The van der Waals surface area contributed by atoms with Crippen molar-refractivity contribution in [2.45, 2.75) is 43.7 Å². The molecule has 3 rings (SSSR count). The number of sulfone groups is 1. The van der Waals surface area contributed by atoms with E-state index in [1.165, 1.54) is 10.7 Å². The van der Waals surface area contributed by atoms with Gasteiger partial charge in [-0.05, 0) is 41.7 Å². The van der Waals surface area contributed by atoms with Crippen LogP contribution >= 0.6 is 0 Å². The second-order valence-electron chi connectivity index (χ2n) is 6.09. The average Bonchev–Trinajstić information content (AvgIpc) is 3.22. The van der Waals surface area contributed by atoms with E-state index in [0.717, 1.165) is 18.9 Å². The Morgan fingerprint density at radius 3 is 2.71 bits per heavy atom. The van der Waals surface area contributed by atoms with Crippen LogP contribution in [0.15, 0.2) is 18.2 Å². The second-order valence-corrected chi connectivity index (χ2v) is 8.27. The zero-order chi connectivity index (χ0) is 17.3. The molecule has 130 valence electrons. The van der Waals surface area contributed by atoms with Gasteiger partial charge in [0.1, 0.15) is 17.4 Å². The van der Waals surface area contributed by atoms with E-state index in [1.807, 2.05) is 0 Å².